The van der Waals surface area contributed by atoms with Crippen LogP contribution in [0.25, 0.3) is 0 Å². The van der Waals surface area contributed by atoms with E-state index in [0.717, 1.165) is 35.7 Å². The number of benzene rings is 1. The minimum absolute atomic E-state index is 0.0963. The van der Waals surface area contributed by atoms with Gasteiger partial charge in [0.25, 0.3) is 0 Å². The van der Waals surface area contributed by atoms with Gasteiger partial charge in [-0.25, -0.2) is 9.37 Å². The SMILES string of the molecule is CCCNC(Cc1csc(C)n1)c1ccc(Br)c(F)c1. The summed E-state index contributed by atoms with van der Waals surface area (Å²) in [6.45, 7) is 5.03. The van der Waals surface area contributed by atoms with E-state index in [-0.39, 0.29) is 11.9 Å². The standard InChI is InChI=1S/C15H18BrFN2S/c1-3-6-18-15(8-12-9-20-10(2)19-12)11-4-5-13(16)14(17)7-11/h4-5,7,9,15,18H,3,6,8H2,1-2H3. The third kappa shape index (κ3) is 4.11. The maximum absolute atomic E-state index is 13.7. The van der Waals surface area contributed by atoms with Crippen molar-refractivity contribution in [2.24, 2.45) is 0 Å². The van der Waals surface area contributed by atoms with Crippen LogP contribution in [0.4, 0.5) is 4.39 Å². The van der Waals surface area contributed by atoms with Crippen molar-refractivity contribution in [3.05, 3.63) is 50.1 Å². The van der Waals surface area contributed by atoms with Gasteiger partial charge in [0, 0.05) is 17.8 Å². The Bertz CT molecular complexity index is 571. The van der Waals surface area contributed by atoms with Gasteiger partial charge < -0.3 is 5.32 Å². The number of halogens is 2. The molecular formula is C15H18BrFN2S. The smallest absolute Gasteiger partial charge is 0.137 e. The molecule has 0 aliphatic heterocycles. The van der Waals surface area contributed by atoms with Crippen LogP contribution in [-0.2, 0) is 6.42 Å². The third-order valence-electron chi connectivity index (χ3n) is 3.07. The Balaban J connectivity index is 2.19. The lowest BCUT2D eigenvalue weighted by Crippen LogP contribution is -2.24. The van der Waals surface area contributed by atoms with E-state index in [1.165, 1.54) is 0 Å². The fourth-order valence-corrected chi connectivity index (χ4v) is 2.94. The summed E-state index contributed by atoms with van der Waals surface area (Å²) in [5, 5.41) is 6.61. The van der Waals surface area contributed by atoms with Gasteiger partial charge in [-0.05, 0) is 53.5 Å². The predicted molar refractivity (Wildman–Crippen MR) is 85.7 cm³/mol. The van der Waals surface area contributed by atoms with E-state index >= 15 is 0 Å². The Hall–Kier alpha value is -0.780. The summed E-state index contributed by atoms with van der Waals surface area (Å²) in [7, 11) is 0. The van der Waals surface area contributed by atoms with Gasteiger partial charge in [-0.3, -0.25) is 0 Å². The molecular weight excluding hydrogens is 339 g/mol. The van der Waals surface area contributed by atoms with Crippen molar-refractivity contribution >= 4 is 27.3 Å². The van der Waals surface area contributed by atoms with Crippen LogP contribution in [-0.4, -0.2) is 11.5 Å². The lowest BCUT2D eigenvalue weighted by Gasteiger charge is -2.18. The van der Waals surface area contributed by atoms with E-state index in [0.29, 0.717) is 4.47 Å². The first-order chi connectivity index (χ1) is 9.60. The van der Waals surface area contributed by atoms with Crippen molar-refractivity contribution in [3.63, 3.8) is 0 Å². The molecule has 1 heterocycles. The van der Waals surface area contributed by atoms with Gasteiger partial charge >= 0.3 is 0 Å². The Morgan fingerprint density at radius 2 is 2.25 bits per heavy atom. The van der Waals surface area contributed by atoms with Crippen LogP contribution >= 0.6 is 27.3 Å². The molecule has 0 fully saturated rings. The number of thiazole rings is 1. The molecule has 2 rings (SSSR count). The maximum Gasteiger partial charge on any atom is 0.137 e. The van der Waals surface area contributed by atoms with E-state index in [2.05, 4.69) is 38.5 Å². The van der Waals surface area contributed by atoms with Gasteiger partial charge in [-0.2, -0.15) is 0 Å². The predicted octanol–water partition coefficient (Wildman–Crippen LogP) is 4.64. The summed E-state index contributed by atoms with van der Waals surface area (Å²) < 4.78 is 14.2. The topological polar surface area (TPSA) is 24.9 Å². The van der Waals surface area contributed by atoms with Crippen molar-refractivity contribution in [1.82, 2.24) is 10.3 Å². The van der Waals surface area contributed by atoms with E-state index in [1.807, 2.05) is 13.0 Å². The van der Waals surface area contributed by atoms with Crippen molar-refractivity contribution in [2.75, 3.05) is 6.54 Å². The van der Waals surface area contributed by atoms with Gasteiger partial charge in [0.15, 0.2) is 0 Å². The lowest BCUT2D eigenvalue weighted by molar-refractivity contribution is 0.520. The highest BCUT2D eigenvalue weighted by Gasteiger charge is 2.14. The third-order valence-corrected chi connectivity index (χ3v) is 4.53. The van der Waals surface area contributed by atoms with Gasteiger partial charge in [-0.15, -0.1) is 11.3 Å². The number of hydrogen-bond acceptors (Lipinski definition) is 3. The van der Waals surface area contributed by atoms with Gasteiger partial charge in [0.2, 0.25) is 0 Å². The summed E-state index contributed by atoms with van der Waals surface area (Å²) in [5.41, 5.74) is 2.02. The molecule has 0 spiro atoms. The number of aromatic nitrogens is 1. The summed E-state index contributed by atoms with van der Waals surface area (Å²) in [6, 6.07) is 5.41. The molecule has 1 atom stereocenters. The highest BCUT2D eigenvalue weighted by molar-refractivity contribution is 9.10. The first-order valence-corrected chi connectivity index (χ1v) is 8.36. The van der Waals surface area contributed by atoms with Crippen LogP contribution in [0.1, 0.15) is 35.7 Å². The van der Waals surface area contributed by atoms with E-state index in [4.69, 9.17) is 0 Å². The highest BCUT2D eigenvalue weighted by atomic mass is 79.9. The number of nitrogens with zero attached hydrogens (tertiary/aromatic N) is 1. The Morgan fingerprint density at radius 1 is 1.45 bits per heavy atom. The molecule has 108 valence electrons. The molecule has 1 aromatic carbocycles. The number of aryl methyl sites for hydroxylation is 1. The monoisotopic (exact) mass is 356 g/mol. The normalized spacial score (nSPS) is 12.6. The number of nitrogens with one attached hydrogen (secondary N) is 1. The molecule has 5 heteroatoms. The van der Waals surface area contributed by atoms with Crippen molar-refractivity contribution < 1.29 is 4.39 Å². The first-order valence-electron chi connectivity index (χ1n) is 6.69. The van der Waals surface area contributed by atoms with Crippen LogP contribution in [0.2, 0.25) is 0 Å². The summed E-state index contributed by atoms with van der Waals surface area (Å²) in [6.07, 6.45) is 1.83. The maximum atomic E-state index is 13.7. The molecule has 2 nitrogen and oxygen atoms in total. The molecule has 20 heavy (non-hydrogen) atoms. The summed E-state index contributed by atoms with van der Waals surface area (Å²) in [5.74, 6) is -0.222. The highest BCUT2D eigenvalue weighted by Crippen LogP contribution is 2.24. The zero-order chi connectivity index (χ0) is 14.5. The average Bonchev–Trinajstić information content (AvgIpc) is 2.83. The van der Waals surface area contributed by atoms with Crippen molar-refractivity contribution in [1.29, 1.82) is 0 Å². The van der Waals surface area contributed by atoms with Crippen LogP contribution in [0.15, 0.2) is 28.1 Å². The molecule has 0 aliphatic rings. The van der Waals surface area contributed by atoms with Gasteiger partial charge in [0.05, 0.1) is 15.2 Å². The fourth-order valence-electron chi connectivity index (χ4n) is 2.07. The molecule has 0 radical (unpaired) electrons. The lowest BCUT2D eigenvalue weighted by atomic mass is 10.0. The minimum Gasteiger partial charge on any atom is -0.310 e. The summed E-state index contributed by atoms with van der Waals surface area (Å²) >= 11 is 4.85. The second kappa shape index (κ2) is 7.29. The Kier molecular flexibility index (Phi) is 5.69. The van der Waals surface area contributed by atoms with Crippen molar-refractivity contribution in [2.45, 2.75) is 32.7 Å². The fraction of sp³-hybridized carbons (Fsp3) is 0.400. The van der Waals surface area contributed by atoms with E-state index in [1.54, 1.807) is 23.5 Å². The zero-order valence-corrected chi connectivity index (χ0v) is 14.0. The second-order valence-corrected chi connectivity index (χ2v) is 6.66. The largest absolute Gasteiger partial charge is 0.310 e. The molecule has 0 saturated carbocycles. The molecule has 0 saturated heterocycles. The Morgan fingerprint density at radius 3 is 2.85 bits per heavy atom. The van der Waals surface area contributed by atoms with E-state index in [9.17, 15) is 4.39 Å². The summed E-state index contributed by atoms with van der Waals surface area (Å²) in [4.78, 5) is 4.50. The quantitative estimate of drug-likeness (QED) is 0.815. The van der Waals surface area contributed by atoms with Crippen LogP contribution in [0.3, 0.4) is 0 Å². The van der Waals surface area contributed by atoms with Crippen LogP contribution in [0, 0.1) is 12.7 Å². The first kappa shape index (κ1) is 15.6. The second-order valence-electron chi connectivity index (χ2n) is 4.74. The minimum atomic E-state index is -0.222. The molecule has 0 aliphatic carbocycles. The zero-order valence-electron chi connectivity index (χ0n) is 11.6. The average molecular weight is 357 g/mol. The number of hydrogen-bond donors (Lipinski definition) is 1. The number of rotatable bonds is 6. The van der Waals surface area contributed by atoms with E-state index < -0.39 is 0 Å². The van der Waals surface area contributed by atoms with Gasteiger partial charge in [0.1, 0.15) is 5.82 Å². The molecule has 0 bridgehead atoms. The van der Waals surface area contributed by atoms with Crippen molar-refractivity contribution in [3.8, 4) is 0 Å². The molecule has 0 amide bonds. The molecule has 1 unspecified atom stereocenters. The Labute approximate surface area is 131 Å². The molecule has 2 aromatic rings. The van der Waals surface area contributed by atoms with Crippen LogP contribution in [0.5, 0.6) is 0 Å². The molecule has 1 aromatic heterocycles. The van der Waals surface area contributed by atoms with Crippen LogP contribution < -0.4 is 5.32 Å². The van der Waals surface area contributed by atoms with Gasteiger partial charge in [-0.1, -0.05) is 13.0 Å². The molecule has 1 N–H and O–H groups in total.